The zero-order valence-electron chi connectivity index (χ0n) is 16.1. The smallest absolute Gasteiger partial charge is 0.191 e. The predicted molar refractivity (Wildman–Crippen MR) is 100 cm³/mol. The maximum absolute atomic E-state index is 5.77. The van der Waals surface area contributed by atoms with Gasteiger partial charge >= 0.3 is 0 Å². The van der Waals surface area contributed by atoms with Crippen molar-refractivity contribution in [3.05, 3.63) is 0 Å². The number of guanidine groups is 1. The van der Waals surface area contributed by atoms with Gasteiger partial charge in [0.1, 0.15) is 0 Å². The molecule has 0 aromatic carbocycles. The van der Waals surface area contributed by atoms with E-state index >= 15 is 0 Å². The van der Waals surface area contributed by atoms with Crippen LogP contribution in [0.5, 0.6) is 0 Å². The van der Waals surface area contributed by atoms with Gasteiger partial charge in [0, 0.05) is 59.8 Å². The lowest BCUT2D eigenvalue weighted by molar-refractivity contribution is 0.0205. The van der Waals surface area contributed by atoms with Crippen LogP contribution in [0.15, 0.2) is 4.99 Å². The van der Waals surface area contributed by atoms with Crippen molar-refractivity contribution in [2.45, 2.75) is 32.6 Å². The van der Waals surface area contributed by atoms with Crippen molar-refractivity contribution in [3.8, 4) is 0 Å². The second kappa shape index (κ2) is 16.6. The molecule has 0 saturated carbocycles. The average Bonchev–Trinajstić information content (AvgIpc) is 2.64. The Hall–Kier alpha value is -0.890. The monoisotopic (exact) mass is 359 g/mol. The molecule has 1 heterocycles. The highest BCUT2D eigenvalue weighted by Crippen LogP contribution is 2.14. The number of nitrogens with one attached hydrogen (secondary N) is 2. The highest BCUT2D eigenvalue weighted by Gasteiger charge is 2.13. The summed E-state index contributed by atoms with van der Waals surface area (Å²) in [5.41, 5.74) is 0. The number of nitrogens with zero attached hydrogens (tertiary/aromatic N) is 1. The summed E-state index contributed by atoms with van der Waals surface area (Å²) in [5.74, 6) is 1.53. The van der Waals surface area contributed by atoms with Gasteiger partial charge in [-0.25, -0.2) is 0 Å². The molecule has 0 atom stereocenters. The topological polar surface area (TPSA) is 73.3 Å². The number of methoxy groups -OCH3 is 1. The van der Waals surface area contributed by atoms with Crippen molar-refractivity contribution in [3.63, 3.8) is 0 Å². The minimum absolute atomic E-state index is 0.647. The Morgan fingerprint density at radius 1 is 1.04 bits per heavy atom. The molecular formula is C18H37N3O4. The third-order valence-electron chi connectivity index (χ3n) is 3.95. The van der Waals surface area contributed by atoms with Gasteiger partial charge in [-0.05, 0) is 38.5 Å². The number of hydrogen-bond acceptors (Lipinski definition) is 5. The lowest BCUT2D eigenvalue weighted by atomic mass is 10.0. The minimum Gasteiger partial charge on any atom is -0.382 e. The average molecular weight is 360 g/mol. The zero-order valence-corrected chi connectivity index (χ0v) is 16.1. The first-order valence-electron chi connectivity index (χ1n) is 9.61. The second-order valence-electron chi connectivity index (χ2n) is 6.13. The summed E-state index contributed by atoms with van der Waals surface area (Å²) in [6, 6.07) is 0. The second-order valence-corrected chi connectivity index (χ2v) is 6.13. The van der Waals surface area contributed by atoms with Crippen molar-refractivity contribution in [2.75, 3.05) is 73.0 Å². The molecule has 0 amide bonds. The largest absolute Gasteiger partial charge is 0.382 e. The molecule has 148 valence electrons. The third-order valence-corrected chi connectivity index (χ3v) is 3.95. The van der Waals surface area contributed by atoms with E-state index in [9.17, 15) is 0 Å². The molecule has 1 aliphatic rings. The molecule has 0 aromatic rings. The van der Waals surface area contributed by atoms with Crippen LogP contribution in [0.3, 0.4) is 0 Å². The molecule has 0 aromatic heterocycles. The highest BCUT2D eigenvalue weighted by atomic mass is 16.5. The van der Waals surface area contributed by atoms with Crippen LogP contribution < -0.4 is 10.6 Å². The van der Waals surface area contributed by atoms with E-state index in [4.69, 9.17) is 18.9 Å². The van der Waals surface area contributed by atoms with Crippen LogP contribution in [-0.4, -0.2) is 79.0 Å². The quantitative estimate of drug-likeness (QED) is 0.278. The van der Waals surface area contributed by atoms with Crippen LogP contribution in [0, 0.1) is 5.92 Å². The van der Waals surface area contributed by atoms with Gasteiger partial charge in [-0.3, -0.25) is 4.99 Å². The van der Waals surface area contributed by atoms with Crippen LogP contribution in [-0.2, 0) is 18.9 Å². The molecule has 1 aliphatic heterocycles. The van der Waals surface area contributed by atoms with Gasteiger partial charge in [0.05, 0.1) is 13.2 Å². The summed E-state index contributed by atoms with van der Waals surface area (Å²) in [6.07, 6.45) is 4.14. The van der Waals surface area contributed by atoms with Crippen LogP contribution in [0.2, 0.25) is 0 Å². The fourth-order valence-electron chi connectivity index (χ4n) is 2.49. The summed E-state index contributed by atoms with van der Waals surface area (Å²) in [6.45, 7) is 9.97. The van der Waals surface area contributed by atoms with Crippen molar-refractivity contribution >= 4 is 5.96 Å². The van der Waals surface area contributed by atoms with E-state index in [1.165, 1.54) is 0 Å². The van der Waals surface area contributed by atoms with Gasteiger partial charge < -0.3 is 29.6 Å². The first-order chi connectivity index (χ1) is 12.4. The minimum atomic E-state index is 0.647. The van der Waals surface area contributed by atoms with Crippen LogP contribution in [0.25, 0.3) is 0 Å². The summed E-state index contributed by atoms with van der Waals surface area (Å²) in [7, 11) is 1.68. The zero-order chi connectivity index (χ0) is 18.0. The Bertz CT molecular complexity index is 323. The Balaban J connectivity index is 2.01. The molecule has 1 saturated heterocycles. The van der Waals surface area contributed by atoms with E-state index in [1.54, 1.807) is 7.11 Å². The number of aliphatic imine (C=N–C) groups is 1. The van der Waals surface area contributed by atoms with Gasteiger partial charge in [0.25, 0.3) is 0 Å². The van der Waals surface area contributed by atoms with E-state index < -0.39 is 0 Å². The fraction of sp³-hybridized carbons (Fsp3) is 0.944. The van der Waals surface area contributed by atoms with E-state index in [0.29, 0.717) is 19.1 Å². The first kappa shape index (κ1) is 22.2. The summed E-state index contributed by atoms with van der Waals surface area (Å²) >= 11 is 0. The van der Waals surface area contributed by atoms with Gasteiger partial charge in [0.2, 0.25) is 0 Å². The standard InChI is InChI=1S/C18H37N3O4/c1-3-19-18(20-8-4-10-23-15-14-22-2)21-9-5-11-25-16-17-6-12-24-13-7-17/h17H,3-16H2,1-2H3,(H2,19,20,21). The molecule has 7 heteroatoms. The molecule has 25 heavy (non-hydrogen) atoms. The molecule has 0 radical (unpaired) electrons. The molecule has 2 N–H and O–H groups in total. The van der Waals surface area contributed by atoms with E-state index in [-0.39, 0.29) is 0 Å². The van der Waals surface area contributed by atoms with E-state index in [0.717, 1.165) is 84.3 Å². The van der Waals surface area contributed by atoms with Crippen molar-refractivity contribution in [1.82, 2.24) is 10.6 Å². The molecule has 0 spiro atoms. The number of rotatable bonds is 14. The van der Waals surface area contributed by atoms with Crippen LogP contribution >= 0.6 is 0 Å². The molecule has 0 bridgehead atoms. The molecular weight excluding hydrogens is 322 g/mol. The molecule has 1 fully saturated rings. The van der Waals surface area contributed by atoms with Gasteiger partial charge in [-0.15, -0.1) is 0 Å². The Kier molecular flexibility index (Phi) is 14.7. The van der Waals surface area contributed by atoms with E-state index in [2.05, 4.69) is 22.5 Å². The lowest BCUT2D eigenvalue weighted by Crippen LogP contribution is -2.38. The van der Waals surface area contributed by atoms with Crippen molar-refractivity contribution in [1.29, 1.82) is 0 Å². The molecule has 0 unspecified atom stereocenters. The van der Waals surface area contributed by atoms with Crippen molar-refractivity contribution < 1.29 is 18.9 Å². The predicted octanol–water partition coefficient (Wildman–Crippen LogP) is 1.43. The normalized spacial score (nSPS) is 16.2. The Morgan fingerprint density at radius 3 is 2.60 bits per heavy atom. The van der Waals surface area contributed by atoms with Crippen LogP contribution in [0.1, 0.15) is 32.6 Å². The highest BCUT2D eigenvalue weighted by molar-refractivity contribution is 5.79. The Labute approximate surface area is 152 Å². The van der Waals surface area contributed by atoms with E-state index in [1.807, 2.05) is 0 Å². The first-order valence-corrected chi connectivity index (χ1v) is 9.61. The van der Waals surface area contributed by atoms with Crippen molar-refractivity contribution in [2.24, 2.45) is 10.9 Å². The van der Waals surface area contributed by atoms with Crippen LogP contribution in [0.4, 0.5) is 0 Å². The maximum Gasteiger partial charge on any atom is 0.191 e. The fourth-order valence-corrected chi connectivity index (χ4v) is 2.49. The van der Waals surface area contributed by atoms with Gasteiger partial charge in [-0.2, -0.15) is 0 Å². The summed E-state index contributed by atoms with van der Waals surface area (Å²) in [5, 5.41) is 6.59. The molecule has 7 nitrogen and oxygen atoms in total. The maximum atomic E-state index is 5.77. The Morgan fingerprint density at radius 2 is 1.84 bits per heavy atom. The SMILES string of the molecule is CCNC(=NCCCOCC1CCOCC1)NCCCOCCOC. The molecule has 1 rings (SSSR count). The summed E-state index contributed by atoms with van der Waals surface area (Å²) < 4.78 is 21.5. The molecule has 0 aliphatic carbocycles. The van der Waals surface area contributed by atoms with Gasteiger partial charge in [0.15, 0.2) is 5.96 Å². The third kappa shape index (κ3) is 13.0. The lowest BCUT2D eigenvalue weighted by Gasteiger charge is -2.21. The van der Waals surface area contributed by atoms with Gasteiger partial charge in [-0.1, -0.05) is 0 Å². The summed E-state index contributed by atoms with van der Waals surface area (Å²) in [4.78, 5) is 4.58. The number of ether oxygens (including phenoxy) is 4. The number of hydrogen-bond donors (Lipinski definition) is 2.